The quantitative estimate of drug-likeness (QED) is 0.771. The van der Waals surface area contributed by atoms with Gasteiger partial charge in [-0.25, -0.2) is 9.67 Å². The number of amides is 1. The van der Waals surface area contributed by atoms with E-state index in [1.165, 1.54) is 0 Å². The Morgan fingerprint density at radius 1 is 1.21 bits per heavy atom. The lowest BCUT2D eigenvalue weighted by molar-refractivity contribution is -0.118. The van der Waals surface area contributed by atoms with Crippen LogP contribution in [0.1, 0.15) is 36.4 Å². The second-order valence-corrected chi connectivity index (χ2v) is 7.50. The van der Waals surface area contributed by atoms with Crippen molar-refractivity contribution in [3.63, 3.8) is 0 Å². The number of fused-ring (bicyclic) bond motifs is 1. The first-order valence-electron chi connectivity index (χ1n) is 8.03. The summed E-state index contributed by atoms with van der Waals surface area (Å²) in [5.74, 6) is -0.0185. The van der Waals surface area contributed by atoms with Crippen LogP contribution in [0.2, 0.25) is 0 Å². The summed E-state index contributed by atoms with van der Waals surface area (Å²) in [6, 6.07) is 4.07. The zero-order valence-corrected chi connectivity index (χ0v) is 15.7. The maximum Gasteiger partial charge on any atom is 0.226 e. The van der Waals surface area contributed by atoms with Crippen LogP contribution in [0.4, 0.5) is 5.69 Å². The summed E-state index contributed by atoms with van der Waals surface area (Å²) >= 11 is 1.60. The molecule has 0 radical (unpaired) electrons. The highest BCUT2D eigenvalue weighted by atomic mass is 32.1. The van der Waals surface area contributed by atoms with E-state index in [2.05, 4.69) is 10.4 Å². The molecule has 3 rings (SSSR count). The molecule has 1 N–H and O–H groups in total. The molecule has 0 saturated heterocycles. The number of hydrogen-bond donors (Lipinski definition) is 1. The van der Waals surface area contributed by atoms with Crippen molar-refractivity contribution in [2.75, 3.05) is 5.32 Å². The largest absolute Gasteiger partial charge is 0.325 e. The molecule has 2 heterocycles. The summed E-state index contributed by atoms with van der Waals surface area (Å²) in [7, 11) is 0. The average molecular weight is 342 g/mol. The summed E-state index contributed by atoms with van der Waals surface area (Å²) in [4.78, 5) is 16.8. The molecule has 0 aliphatic rings. The number of aromatic nitrogens is 3. The zero-order valence-electron chi connectivity index (χ0n) is 14.9. The molecule has 3 aromatic rings. The molecule has 5 nitrogen and oxygen atoms in total. The van der Waals surface area contributed by atoms with E-state index < -0.39 is 0 Å². The summed E-state index contributed by atoms with van der Waals surface area (Å²) in [6.45, 7) is 11.8. The zero-order chi connectivity index (χ0) is 17.6. The molecule has 0 unspecified atom stereocenters. The second-order valence-electron chi connectivity index (χ2n) is 6.52. The van der Waals surface area contributed by atoms with Crippen LogP contribution >= 0.6 is 11.3 Å². The lowest BCUT2D eigenvalue weighted by Gasteiger charge is -2.13. The van der Waals surface area contributed by atoms with Crippen LogP contribution in [-0.4, -0.2) is 20.7 Å². The third-order valence-corrected chi connectivity index (χ3v) is 5.23. The summed E-state index contributed by atoms with van der Waals surface area (Å²) in [5.41, 5.74) is 5.96. The van der Waals surface area contributed by atoms with Gasteiger partial charge in [0.05, 0.1) is 15.9 Å². The van der Waals surface area contributed by atoms with Crippen molar-refractivity contribution in [3.05, 3.63) is 34.6 Å². The van der Waals surface area contributed by atoms with Gasteiger partial charge in [-0.2, -0.15) is 5.10 Å². The fourth-order valence-corrected chi connectivity index (χ4v) is 3.81. The Morgan fingerprint density at radius 2 is 1.92 bits per heavy atom. The molecule has 6 heteroatoms. The molecule has 0 aliphatic carbocycles. The molecular formula is C18H22N4OS. The van der Waals surface area contributed by atoms with Crippen molar-refractivity contribution < 1.29 is 4.79 Å². The Labute approximate surface area is 145 Å². The van der Waals surface area contributed by atoms with Gasteiger partial charge in [0.25, 0.3) is 0 Å². The predicted molar refractivity (Wildman–Crippen MR) is 99.2 cm³/mol. The van der Waals surface area contributed by atoms with Crippen LogP contribution < -0.4 is 5.32 Å². The van der Waals surface area contributed by atoms with Crippen LogP contribution in [0, 0.1) is 33.6 Å². The summed E-state index contributed by atoms with van der Waals surface area (Å²) in [6.07, 6.45) is 0. The number of nitrogens with zero attached hydrogens (tertiary/aromatic N) is 3. The highest BCUT2D eigenvalue weighted by Crippen LogP contribution is 2.34. The van der Waals surface area contributed by atoms with E-state index in [9.17, 15) is 4.79 Å². The lowest BCUT2D eigenvalue weighted by Crippen LogP contribution is -2.19. The second kappa shape index (κ2) is 6.02. The van der Waals surface area contributed by atoms with Crippen LogP contribution in [0.3, 0.4) is 0 Å². The lowest BCUT2D eigenvalue weighted by atomic mass is 10.1. The molecule has 0 spiro atoms. The van der Waals surface area contributed by atoms with Gasteiger partial charge in [-0.1, -0.05) is 25.2 Å². The highest BCUT2D eigenvalue weighted by Gasteiger charge is 2.17. The molecule has 0 aliphatic heterocycles. The Bertz CT molecular complexity index is 936. The van der Waals surface area contributed by atoms with Crippen molar-refractivity contribution in [3.8, 4) is 5.13 Å². The molecule has 1 aromatic carbocycles. The van der Waals surface area contributed by atoms with Crippen LogP contribution in [0.5, 0.6) is 0 Å². The van der Waals surface area contributed by atoms with Crippen LogP contribution in [-0.2, 0) is 4.79 Å². The molecule has 126 valence electrons. The molecule has 2 aromatic heterocycles. The van der Waals surface area contributed by atoms with Crippen molar-refractivity contribution in [2.24, 2.45) is 5.92 Å². The van der Waals surface area contributed by atoms with E-state index in [1.54, 1.807) is 11.3 Å². The van der Waals surface area contributed by atoms with E-state index in [0.29, 0.717) is 0 Å². The topological polar surface area (TPSA) is 59.8 Å². The van der Waals surface area contributed by atoms with E-state index in [-0.39, 0.29) is 11.8 Å². The first-order valence-corrected chi connectivity index (χ1v) is 8.84. The number of aryl methyl sites for hydroxylation is 4. The number of thiazole rings is 1. The van der Waals surface area contributed by atoms with Crippen LogP contribution in [0.15, 0.2) is 12.1 Å². The maximum absolute atomic E-state index is 12.1. The first kappa shape index (κ1) is 16.6. The number of anilines is 1. The van der Waals surface area contributed by atoms with E-state index in [4.69, 9.17) is 4.98 Å². The molecule has 0 bridgehead atoms. The normalized spacial score (nSPS) is 11.5. The van der Waals surface area contributed by atoms with Crippen LogP contribution in [0.25, 0.3) is 15.3 Å². The van der Waals surface area contributed by atoms with Gasteiger partial charge in [0.2, 0.25) is 11.0 Å². The number of carbonyl (C=O) groups excluding carboxylic acids is 1. The minimum atomic E-state index is -0.0498. The molecule has 0 atom stereocenters. The fourth-order valence-electron chi connectivity index (χ4n) is 2.75. The SMILES string of the molecule is Cc1cc(C)n(-c2nc3cc(C)c(NC(=O)C(C)C)c(C)c3s2)n1. The van der Waals surface area contributed by atoms with E-state index >= 15 is 0 Å². The van der Waals surface area contributed by atoms with Gasteiger partial charge >= 0.3 is 0 Å². The van der Waals surface area contributed by atoms with E-state index in [0.717, 1.165) is 43.6 Å². The Morgan fingerprint density at radius 3 is 2.50 bits per heavy atom. The molecule has 24 heavy (non-hydrogen) atoms. The third kappa shape index (κ3) is 2.82. The Balaban J connectivity index is 2.12. The number of benzene rings is 1. The smallest absolute Gasteiger partial charge is 0.226 e. The highest BCUT2D eigenvalue weighted by molar-refractivity contribution is 7.21. The van der Waals surface area contributed by atoms with E-state index in [1.807, 2.05) is 58.4 Å². The van der Waals surface area contributed by atoms with Crippen molar-refractivity contribution in [1.29, 1.82) is 0 Å². The van der Waals surface area contributed by atoms with Gasteiger partial charge in [-0.05, 0) is 51.0 Å². The molecule has 0 saturated carbocycles. The molecule has 1 amide bonds. The van der Waals surface area contributed by atoms with Gasteiger partial charge in [0.15, 0.2) is 0 Å². The maximum atomic E-state index is 12.1. The number of carbonyl (C=O) groups is 1. The van der Waals surface area contributed by atoms with Gasteiger partial charge in [-0.3, -0.25) is 4.79 Å². The standard InChI is InChI=1S/C18H22N4OS/c1-9(2)17(23)20-15-10(3)7-14-16(13(15)6)24-18(19-14)22-12(5)8-11(4)21-22/h7-9H,1-6H3,(H,20,23). The minimum Gasteiger partial charge on any atom is -0.325 e. The Kier molecular flexibility index (Phi) is 4.17. The molecule has 0 fully saturated rings. The van der Waals surface area contributed by atoms with Crippen molar-refractivity contribution >= 4 is 33.1 Å². The van der Waals surface area contributed by atoms with Gasteiger partial charge in [0, 0.05) is 17.3 Å². The summed E-state index contributed by atoms with van der Waals surface area (Å²) < 4.78 is 2.96. The number of nitrogens with one attached hydrogen (secondary N) is 1. The monoisotopic (exact) mass is 342 g/mol. The van der Waals surface area contributed by atoms with Gasteiger partial charge in [0.1, 0.15) is 0 Å². The van der Waals surface area contributed by atoms with Crippen molar-refractivity contribution in [2.45, 2.75) is 41.5 Å². The summed E-state index contributed by atoms with van der Waals surface area (Å²) in [5, 5.41) is 8.42. The number of rotatable bonds is 3. The van der Waals surface area contributed by atoms with Crippen molar-refractivity contribution in [1.82, 2.24) is 14.8 Å². The molecular weight excluding hydrogens is 320 g/mol. The first-order chi connectivity index (χ1) is 11.3. The number of hydrogen-bond acceptors (Lipinski definition) is 4. The third-order valence-electron chi connectivity index (χ3n) is 4.07. The Hall–Kier alpha value is -2.21. The fraction of sp³-hybridized carbons (Fsp3) is 0.389. The van der Waals surface area contributed by atoms with Gasteiger partial charge < -0.3 is 5.32 Å². The minimum absolute atomic E-state index is 0.0313. The average Bonchev–Trinajstić information content (AvgIpc) is 3.05. The predicted octanol–water partition coefficient (Wildman–Crippen LogP) is 4.31. The van der Waals surface area contributed by atoms with Gasteiger partial charge in [-0.15, -0.1) is 0 Å².